The van der Waals surface area contributed by atoms with Gasteiger partial charge in [0.15, 0.2) is 0 Å². The highest BCUT2D eigenvalue weighted by atomic mass is 79.9. The third-order valence-electron chi connectivity index (χ3n) is 3.21. The Labute approximate surface area is 162 Å². The van der Waals surface area contributed by atoms with E-state index >= 15 is 0 Å². The second kappa shape index (κ2) is 17.6. The summed E-state index contributed by atoms with van der Waals surface area (Å²) in [5.74, 6) is 0. The summed E-state index contributed by atoms with van der Waals surface area (Å²) in [6.45, 7) is 8.01. The summed E-state index contributed by atoms with van der Waals surface area (Å²) in [4.78, 5) is 0. The Morgan fingerprint density at radius 2 is 1.52 bits per heavy atom. The summed E-state index contributed by atoms with van der Waals surface area (Å²) >= 11 is 3.45. The van der Waals surface area contributed by atoms with E-state index in [1.54, 1.807) is 0 Å². The van der Waals surface area contributed by atoms with Crippen LogP contribution in [0.1, 0.15) is 39.2 Å². The number of hydrogen-bond donors (Lipinski definition) is 3. The van der Waals surface area contributed by atoms with Crippen molar-refractivity contribution >= 4 is 15.9 Å². The molecule has 140 valence electrons. The maximum atomic E-state index is 8.78. The van der Waals surface area contributed by atoms with Crippen LogP contribution in [0.4, 0.5) is 0 Å². The first-order chi connectivity index (χ1) is 12.2. The Bertz CT molecular complexity index is 478. The van der Waals surface area contributed by atoms with Crippen molar-refractivity contribution in [1.82, 2.24) is 10.8 Å². The normalized spacial score (nSPS) is 10.8. The summed E-state index contributed by atoms with van der Waals surface area (Å²) < 4.78 is 1.12. The molecule has 0 fully saturated rings. The van der Waals surface area contributed by atoms with E-state index in [4.69, 9.17) is 5.21 Å². The molecule has 0 spiro atoms. The molecule has 0 aromatic heterocycles. The zero-order chi connectivity index (χ0) is 18.8. The Morgan fingerprint density at radius 1 is 0.960 bits per heavy atom. The van der Waals surface area contributed by atoms with Crippen LogP contribution in [0.3, 0.4) is 0 Å². The number of nitrogens with one attached hydrogen (secondary N) is 2. The molecule has 0 bridgehead atoms. The van der Waals surface area contributed by atoms with Gasteiger partial charge < -0.3 is 10.5 Å². The van der Waals surface area contributed by atoms with Gasteiger partial charge in [0.1, 0.15) is 0 Å². The fraction of sp³-hybridized carbons (Fsp3) is 0.429. The third kappa shape index (κ3) is 14.8. The molecule has 0 radical (unpaired) electrons. The number of hydroxylamine groups is 1. The van der Waals surface area contributed by atoms with Gasteiger partial charge in [0, 0.05) is 17.1 Å². The lowest BCUT2D eigenvalue weighted by molar-refractivity contribution is 0.123. The highest BCUT2D eigenvalue weighted by molar-refractivity contribution is 9.10. The van der Waals surface area contributed by atoms with Gasteiger partial charge in [0.25, 0.3) is 0 Å². The molecule has 0 saturated heterocycles. The molecule has 2 rings (SSSR count). The molecular weight excluding hydrogens is 376 g/mol. The van der Waals surface area contributed by atoms with Crippen LogP contribution in [0.5, 0.6) is 0 Å². The molecule has 4 heteroatoms. The molecule has 3 N–H and O–H groups in total. The van der Waals surface area contributed by atoms with Crippen LogP contribution < -0.4 is 10.8 Å². The molecule has 2 aromatic carbocycles. The average Bonchev–Trinajstić information content (AvgIpc) is 2.65. The second-order valence-electron chi connectivity index (χ2n) is 5.68. The van der Waals surface area contributed by atoms with Gasteiger partial charge in [-0.3, -0.25) is 0 Å². The Morgan fingerprint density at radius 3 is 1.96 bits per heavy atom. The molecule has 0 heterocycles. The fourth-order valence-electron chi connectivity index (χ4n) is 1.87. The van der Waals surface area contributed by atoms with Gasteiger partial charge in [-0.05, 0) is 37.1 Å². The van der Waals surface area contributed by atoms with Gasteiger partial charge in [-0.1, -0.05) is 91.7 Å². The molecule has 0 saturated carbocycles. The molecule has 0 aliphatic carbocycles. The molecule has 1 unspecified atom stereocenters. The lowest BCUT2D eigenvalue weighted by atomic mass is 10.1. The van der Waals surface area contributed by atoms with E-state index in [-0.39, 0.29) is 6.04 Å². The van der Waals surface area contributed by atoms with E-state index < -0.39 is 0 Å². The molecule has 0 aliphatic heterocycles. The van der Waals surface area contributed by atoms with Crippen molar-refractivity contribution in [2.24, 2.45) is 0 Å². The summed E-state index contributed by atoms with van der Waals surface area (Å²) in [5, 5.41) is 12.1. The summed E-state index contributed by atoms with van der Waals surface area (Å²) in [5.41, 5.74) is 3.60. The highest BCUT2D eigenvalue weighted by Gasteiger charge is 2.02. The van der Waals surface area contributed by atoms with Gasteiger partial charge in [-0.25, -0.2) is 5.48 Å². The highest BCUT2D eigenvalue weighted by Crippen LogP contribution is 2.11. The Hall–Kier alpha value is -1.20. The van der Waals surface area contributed by atoms with E-state index in [1.165, 1.54) is 12.0 Å². The monoisotopic (exact) mass is 408 g/mol. The maximum Gasteiger partial charge on any atom is 0.0441 e. The maximum absolute atomic E-state index is 8.78. The van der Waals surface area contributed by atoms with Crippen LogP contribution in [0.25, 0.3) is 0 Å². The van der Waals surface area contributed by atoms with Crippen molar-refractivity contribution < 1.29 is 5.21 Å². The predicted octanol–water partition coefficient (Wildman–Crippen LogP) is 5.44. The van der Waals surface area contributed by atoms with Crippen LogP contribution >= 0.6 is 15.9 Å². The van der Waals surface area contributed by atoms with Crippen LogP contribution in [0.2, 0.25) is 0 Å². The van der Waals surface area contributed by atoms with Crippen molar-refractivity contribution in [3.63, 3.8) is 0 Å². The van der Waals surface area contributed by atoms with E-state index in [0.29, 0.717) is 0 Å². The van der Waals surface area contributed by atoms with E-state index in [2.05, 4.69) is 52.7 Å². The van der Waals surface area contributed by atoms with Gasteiger partial charge in [0.05, 0.1) is 0 Å². The Kier molecular flexibility index (Phi) is 16.8. The van der Waals surface area contributed by atoms with Gasteiger partial charge in [0.2, 0.25) is 0 Å². The van der Waals surface area contributed by atoms with Crippen LogP contribution in [0.15, 0.2) is 65.1 Å². The molecular formula is C21H33BrN2O. The van der Waals surface area contributed by atoms with Crippen molar-refractivity contribution in [3.8, 4) is 0 Å². The molecule has 25 heavy (non-hydrogen) atoms. The minimum Gasteiger partial charge on any atom is -0.316 e. The van der Waals surface area contributed by atoms with Gasteiger partial charge in [-0.15, -0.1) is 0 Å². The first-order valence-electron chi connectivity index (χ1n) is 9.02. The zero-order valence-corrected chi connectivity index (χ0v) is 17.3. The molecule has 3 nitrogen and oxygen atoms in total. The average molecular weight is 409 g/mol. The summed E-state index contributed by atoms with van der Waals surface area (Å²) in [6, 6.07) is 20.5. The number of rotatable bonds is 7. The molecule has 1 atom stereocenters. The SMILES string of the molecule is CCC.CCC(CNCCc1cccc(Br)c1)NO.c1ccccc1. The van der Waals surface area contributed by atoms with Crippen LogP contribution in [-0.2, 0) is 6.42 Å². The largest absolute Gasteiger partial charge is 0.316 e. The topological polar surface area (TPSA) is 44.3 Å². The van der Waals surface area contributed by atoms with E-state index in [9.17, 15) is 0 Å². The lowest BCUT2D eigenvalue weighted by Crippen LogP contribution is -2.37. The van der Waals surface area contributed by atoms with Crippen molar-refractivity contribution in [3.05, 3.63) is 70.7 Å². The molecule has 2 aromatic rings. The summed E-state index contributed by atoms with van der Waals surface area (Å²) in [7, 11) is 0. The lowest BCUT2D eigenvalue weighted by Gasteiger charge is -2.13. The van der Waals surface area contributed by atoms with Crippen molar-refractivity contribution in [2.75, 3.05) is 13.1 Å². The van der Waals surface area contributed by atoms with E-state index in [1.807, 2.05) is 55.5 Å². The minimum absolute atomic E-state index is 0.141. The minimum atomic E-state index is 0.141. The summed E-state index contributed by atoms with van der Waals surface area (Å²) in [6.07, 6.45) is 3.17. The van der Waals surface area contributed by atoms with Crippen molar-refractivity contribution in [2.45, 2.75) is 46.1 Å². The number of hydrogen-bond acceptors (Lipinski definition) is 3. The predicted molar refractivity (Wildman–Crippen MR) is 112 cm³/mol. The van der Waals surface area contributed by atoms with Crippen LogP contribution in [0, 0.1) is 0 Å². The number of halogens is 1. The molecule has 0 amide bonds. The fourth-order valence-corrected chi connectivity index (χ4v) is 2.31. The van der Waals surface area contributed by atoms with Crippen molar-refractivity contribution in [1.29, 1.82) is 0 Å². The Balaban J connectivity index is 0.000000524. The number of benzene rings is 2. The third-order valence-corrected chi connectivity index (χ3v) is 3.71. The van der Waals surface area contributed by atoms with Gasteiger partial charge in [-0.2, -0.15) is 0 Å². The zero-order valence-electron chi connectivity index (χ0n) is 15.7. The second-order valence-corrected chi connectivity index (χ2v) is 6.60. The first-order valence-corrected chi connectivity index (χ1v) is 9.81. The van der Waals surface area contributed by atoms with Gasteiger partial charge >= 0.3 is 0 Å². The first kappa shape index (κ1) is 23.8. The van der Waals surface area contributed by atoms with E-state index in [0.717, 1.165) is 30.4 Å². The van der Waals surface area contributed by atoms with Crippen LogP contribution in [-0.4, -0.2) is 24.3 Å². The standard InChI is InChI=1S/C12H19BrN2O.C6H6.C3H8/c1-2-12(15-16)9-14-7-6-10-4-3-5-11(13)8-10;1-2-4-6-5-3-1;1-3-2/h3-5,8,12,14-16H,2,6-7,9H2,1H3;1-6H;3H2,1-2H3. The smallest absolute Gasteiger partial charge is 0.0441 e. The quantitative estimate of drug-likeness (QED) is 0.421. The molecule has 0 aliphatic rings.